The van der Waals surface area contributed by atoms with Crippen LogP contribution < -0.4 is 10.6 Å². The van der Waals surface area contributed by atoms with Crippen molar-refractivity contribution < 1.29 is 19.8 Å². The van der Waals surface area contributed by atoms with Crippen molar-refractivity contribution in [3.8, 4) is 11.5 Å². The second-order valence-corrected chi connectivity index (χ2v) is 12.1. The van der Waals surface area contributed by atoms with Crippen LogP contribution >= 0.6 is 0 Å². The fraction of sp³-hybridized carbons (Fsp3) is 0.375. The topological polar surface area (TPSA) is 98.7 Å². The highest BCUT2D eigenvalue weighted by Crippen LogP contribution is 2.36. The van der Waals surface area contributed by atoms with Crippen molar-refractivity contribution in [2.24, 2.45) is 0 Å². The molecule has 0 bridgehead atoms. The maximum absolute atomic E-state index is 13.4. The number of carbonyl (C=O) groups is 2. The summed E-state index contributed by atoms with van der Waals surface area (Å²) in [5, 5.41) is 27.7. The largest absolute Gasteiger partial charge is 0.507 e. The molecule has 6 nitrogen and oxygen atoms in total. The van der Waals surface area contributed by atoms with Gasteiger partial charge in [0.1, 0.15) is 11.5 Å². The predicted octanol–water partition coefficient (Wildman–Crippen LogP) is 6.21. The Morgan fingerprint density at radius 1 is 0.737 bits per heavy atom. The molecule has 6 heteroatoms. The zero-order valence-corrected chi connectivity index (χ0v) is 23.7. The van der Waals surface area contributed by atoms with Crippen LogP contribution in [0.1, 0.15) is 96.1 Å². The summed E-state index contributed by atoms with van der Waals surface area (Å²) >= 11 is 0. The van der Waals surface area contributed by atoms with Crippen LogP contribution in [-0.4, -0.2) is 28.6 Å². The van der Waals surface area contributed by atoms with E-state index in [1.165, 1.54) is 0 Å². The van der Waals surface area contributed by atoms with Gasteiger partial charge >= 0.3 is 0 Å². The van der Waals surface area contributed by atoms with Gasteiger partial charge in [0.25, 0.3) is 11.8 Å². The molecule has 0 aliphatic carbocycles. The van der Waals surface area contributed by atoms with E-state index in [9.17, 15) is 19.8 Å². The maximum atomic E-state index is 13.4. The molecule has 0 spiro atoms. The lowest BCUT2D eigenvalue weighted by atomic mass is 9.84. The molecule has 202 valence electrons. The van der Waals surface area contributed by atoms with Crippen molar-refractivity contribution in [3.05, 3.63) is 93.5 Å². The quantitative estimate of drug-likeness (QED) is 0.313. The first-order chi connectivity index (χ1) is 17.6. The third-order valence-electron chi connectivity index (χ3n) is 6.59. The molecular formula is C32H40N2O4. The summed E-state index contributed by atoms with van der Waals surface area (Å²) in [4.78, 5) is 26.6. The Kier molecular flexibility index (Phi) is 8.25. The van der Waals surface area contributed by atoms with Gasteiger partial charge in [-0.15, -0.1) is 0 Å². The van der Waals surface area contributed by atoms with Gasteiger partial charge < -0.3 is 20.8 Å². The van der Waals surface area contributed by atoms with Crippen LogP contribution in [0.5, 0.6) is 11.5 Å². The third-order valence-corrected chi connectivity index (χ3v) is 6.59. The highest BCUT2D eigenvalue weighted by Gasteiger charge is 2.27. The molecule has 38 heavy (non-hydrogen) atoms. The number of amides is 2. The van der Waals surface area contributed by atoms with Crippen LogP contribution in [0.4, 0.5) is 0 Å². The van der Waals surface area contributed by atoms with Crippen molar-refractivity contribution in [3.63, 3.8) is 0 Å². The van der Waals surface area contributed by atoms with Crippen LogP contribution in [0.2, 0.25) is 0 Å². The summed E-state index contributed by atoms with van der Waals surface area (Å²) in [7, 11) is 0. The molecule has 3 rings (SSSR count). The normalized spacial score (nSPS) is 12.6. The van der Waals surface area contributed by atoms with E-state index in [0.29, 0.717) is 11.1 Å². The van der Waals surface area contributed by atoms with E-state index in [4.69, 9.17) is 0 Å². The fourth-order valence-corrected chi connectivity index (χ4v) is 4.51. The molecular weight excluding hydrogens is 476 g/mol. The Morgan fingerprint density at radius 3 is 1.63 bits per heavy atom. The number of phenols is 2. The maximum Gasteiger partial charge on any atom is 0.255 e. The molecule has 0 unspecified atom stereocenters. The van der Waals surface area contributed by atoms with Crippen molar-refractivity contribution in [2.75, 3.05) is 6.54 Å². The lowest BCUT2D eigenvalue weighted by molar-refractivity contribution is 0.0905. The minimum Gasteiger partial charge on any atom is -0.507 e. The van der Waals surface area contributed by atoms with E-state index in [-0.39, 0.29) is 40.0 Å². The first kappa shape index (κ1) is 28.8. The summed E-state index contributed by atoms with van der Waals surface area (Å²) in [6.45, 7) is 15.8. The van der Waals surface area contributed by atoms with Crippen LogP contribution in [0.15, 0.2) is 54.6 Å². The molecule has 0 aliphatic heterocycles. The van der Waals surface area contributed by atoms with Crippen molar-refractivity contribution >= 4 is 11.8 Å². The number of aromatic hydroxyl groups is 2. The van der Waals surface area contributed by atoms with Gasteiger partial charge in [0.15, 0.2) is 0 Å². The van der Waals surface area contributed by atoms with E-state index in [1.807, 2.05) is 97.9 Å². The third kappa shape index (κ3) is 6.55. The molecule has 0 aliphatic rings. The molecule has 0 aromatic heterocycles. The molecule has 3 aromatic carbocycles. The molecule has 0 heterocycles. The van der Waals surface area contributed by atoms with Crippen LogP contribution in [0.25, 0.3) is 0 Å². The number of phenolic OH excluding ortho intramolecular Hbond substituents is 2. The number of hydrogen-bond donors (Lipinski definition) is 4. The SMILES string of the molecule is Cc1cc(C(=O)NC[C@H](NC(=O)c2cc(C)cc(C(C)(C)C)c2O)c2ccccc2)c(O)c(C(C)(C)C)c1. The lowest BCUT2D eigenvalue weighted by Crippen LogP contribution is -2.38. The number of benzene rings is 3. The van der Waals surface area contributed by atoms with E-state index in [2.05, 4.69) is 10.6 Å². The molecule has 4 N–H and O–H groups in total. The van der Waals surface area contributed by atoms with Gasteiger partial charge in [-0.2, -0.15) is 0 Å². The molecule has 0 saturated heterocycles. The van der Waals surface area contributed by atoms with E-state index < -0.39 is 17.9 Å². The number of rotatable bonds is 6. The smallest absolute Gasteiger partial charge is 0.255 e. The molecule has 0 fully saturated rings. The number of nitrogens with one attached hydrogen (secondary N) is 2. The summed E-state index contributed by atoms with van der Waals surface area (Å²) in [6.07, 6.45) is 0. The summed E-state index contributed by atoms with van der Waals surface area (Å²) in [5.74, 6) is -0.954. The zero-order valence-electron chi connectivity index (χ0n) is 23.7. The van der Waals surface area contributed by atoms with Crippen molar-refractivity contribution in [2.45, 2.75) is 72.3 Å². The minimum atomic E-state index is -0.570. The average molecular weight is 517 g/mol. The summed E-state index contributed by atoms with van der Waals surface area (Å²) in [5.41, 5.74) is 3.62. The summed E-state index contributed by atoms with van der Waals surface area (Å²) < 4.78 is 0. The van der Waals surface area contributed by atoms with E-state index >= 15 is 0 Å². The Bertz CT molecular complexity index is 1330. The minimum absolute atomic E-state index is 0.0414. The zero-order chi connectivity index (χ0) is 28.4. The highest BCUT2D eigenvalue weighted by molar-refractivity contribution is 5.99. The van der Waals surface area contributed by atoms with Crippen LogP contribution in [-0.2, 0) is 10.8 Å². The Labute approximate surface area is 226 Å². The van der Waals surface area contributed by atoms with Gasteiger partial charge in [0, 0.05) is 17.7 Å². The second kappa shape index (κ2) is 10.9. The molecule has 2 amide bonds. The Hall–Kier alpha value is -3.80. The van der Waals surface area contributed by atoms with E-state index in [0.717, 1.165) is 16.7 Å². The van der Waals surface area contributed by atoms with Gasteiger partial charge in [-0.05, 0) is 53.5 Å². The van der Waals surface area contributed by atoms with Crippen LogP contribution in [0, 0.1) is 13.8 Å². The fourth-order valence-electron chi connectivity index (χ4n) is 4.51. The first-order valence-corrected chi connectivity index (χ1v) is 12.9. The Balaban J connectivity index is 1.90. The van der Waals surface area contributed by atoms with Gasteiger partial charge in [0.05, 0.1) is 17.2 Å². The van der Waals surface area contributed by atoms with Crippen molar-refractivity contribution in [1.29, 1.82) is 0 Å². The summed E-state index contributed by atoms with van der Waals surface area (Å²) in [6, 6.07) is 15.9. The molecule has 3 aromatic rings. The standard InChI is InChI=1S/C32H40N2O4/c1-19-14-22(27(35)24(16-19)31(3,4)5)29(37)33-18-26(21-12-10-9-11-13-21)34-30(38)23-15-20(2)17-25(28(23)36)32(6,7)8/h9-17,26,35-36H,18H2,1-8H3,(H,33,37)(H,34,38)/t26-/m0/s1. The van der Waals surface area contributed by atoms with E-state index in [1.54, 1.807) is 12.1 Å². The molecule has 0 saturated carbocycles. The Morgan fingerprint density at radius 2 is 1.18 bits per heavy atom. The molecule has 0 radical (unpaired) electrons. The average Bonchev–Trinajstić information content (AvgIpc) is 2.82. The second-order valence-electron chi connectivity index (χ2n) is 12.1. The van der Waals surface area contributed by atoms with Gasteiger partial charge in [-0.25, -0.2) is 0 Å². The van der Waals surface area contributed by atoms with Gasteiger partial charge in [0.2, 0.25) is 0 Å². The monoisotopic (exact) mass is 516 g/mol. The molecule has 1 atom stereocenters. The van der Waals surface area contributed by atoms with Gasteiger partial charge in [-0.1, -0.05) is 84.0 Å². The van der Waals surface area contributed by atoms with Crippen molar-refractivity contribution in [1.82, 2.24) is 10.6 Å². The first-order valence-electron chi connectivity index (χ1n) is 12.9. The van der Waals surface area contributed by atoms with Crippen LogP contribution in [0.3, 0.4) is 0 Å². The highest BCUT2D eigenvalue weighted by atomic mass is 16.3. The predicted molar refractivity (Wildman–Crippen MR) is 152 cm³/mol. The lowest BCUT2D eigenvalue weighted by Gasteiger charge is -2.25. The number of aryl methyl sites for hydroxylation is 2. The van der Waals surface area contributed by atoms with Gasteiger partial charge in [-0.3, -0.25) is 9.59 Å². The number of hydrogen-bond acceptors (Lipinski definition) is 4. The number of carbonyl (C=O) groups excluding carboxylic acids is 2.